The van der Waals surface area contributed by atoms with Crippen LogP contribution in [0.5, 0.6) is 0 Å². The lowest BCUT2D eigenvalue weighted by Crippen LogP contribution is -2.63. The molecule has 118 valence electrons. The van der Waals surface area contributed by atoms with Crippen molar-refractivity contribution in [3.05, 3.63) is 0 Å². The van der Waals surface area contributed by atoms with Gasteiger partial charge in [-0.1, -0.05) is 6.92 Å². The Morgan fingerprint density at radius 1 is 1.10 bits per heavy atom. The molecule has 4 aliphatic carbocycles. The van der Waals surface area contributed by atoms with Gasteiger partial charge in [0.05, 0.1) is 0 Å². The molecule has 0 aromatic rings. The Labute approximate surface area is 127 Å². The van der Waals surface area contributed by atoms with Crippen LogP contribution in [0.2, 0.25) is 0 Å². The molecule has 2 amide bonds. The molecular formula is C17H29N3O. The van der Waals surface area contributed by atoms with Crippen molar-refractivity contribution in [1.29, 1.82) is 0 Å². The Hall–Kier alpha value is -0.770. The predicted molar refractivity (Wildman–Crippen MR) is 83.0 cm³/mol. The van der Waals surface area contributed by atoms with Crippen molar-refractivity contribution in [1.82, 2.24) is 16.0 Å². The molecule has 4 bridgehead atoms. The minimum atomic E-state index is 0.0932. The van der Waals surface area contributed by atoms with Gasteiger partial charge >= 0.3 is 6.03 Å². The standard InChI is InChI=1S/C17H29N3O/c1-11-10-18-3-2-15(11)19-16(21)20-17-7-12-4-13(8-17)6-14(5-12)9-17/h11-15,18H,2-10H2,1H3,(H2,19,20,21). The van der Waals surface area contributed by atoms with Crippen molar-refractivity contribution in [3.8, 4) is 0 Å². The first-order valence-electron chi connectivity index (χ1n) is 8.91. The summed E-state index contributed by atoms with van der Waals surface area (Å²) in [5.41, 5.74) is 0.134. The molecule has 21 heavy (non-hydrogen) atoms. The normalized spacial score (nSPS) is 48.1. The highest BCUT2D eigenvalue weighted by Gasteiger charge is 2.51. The number of hydrogen-bond acceptors (Lipinski definition) is 2. The van der Waals surface area contributed by atoms with E-state index >= 15 is 0 Å². The molecule has 0 spiro atoms. The summed E-state index contributed by atoms with van der Waals surface area (Å²) in [5, 5.41) is 10.1. The maximum Gasteiger partial charge on any atom is 0.315 e. The predicted octanol–water partition coefficient (Wildman–Crippen LogP) is 2.25. The number of rotatable bonds is 2. The van der Waals surface area contributed by atoms with Crippen LogP contribution < -0.4 is 16.0 Å². The highest BCUT2D eigenvalue weighted by Crippen LogP contribution is 2.55. The van der Waals surface area contributed by atoms with E-state index in [4.69, 9.17) is 0 Å². The second kappa shape index (κ2) is 5.15. The quantitative estimate of drug-likeness (QED) is 0.731. The molecule has 4 nitrogen and oxygen atoms in total. The molecule has 1 aliphatic heterocycles. The van der Waals surface area contributed by atoms with E-state index < -0.39 is 0 Å². The van der Waals surface area contributed by atoms with Gasteiger partial charge in [-0.25, -0.2) is 4.79 Å². The highest BCUT2D eigenvalue weighted by atomic mass is 16.2. The van der Waals surface area contributed by atoms with Gasteiger partial charge in [-0.3, -0.25) is 0 Å². The summed E-state index contributed by atoms with van der Waals surface area (Å²) in [6, 6.07) is 0.427. The number of carbonyl (C=O) groups excluding carboxylic acids is 1. The van der Waals surface area contributed by atoms with Gasteiger partial charge in [0.25, 0.3) is 0 Å². The number of hydrogen-bond donors (Lipinski definition) is 3. The number of amides is 2. The van der Waals surface area contributed by atoms with Crippen molar-refractivity contribution < 1.29 is 4.79 Å². The van der Waals surface area contributed by atoms with Crippen LogP contribution >= 0.6 is 0 Å². The molecule has 5 rings (SSSR count). The van der Waals surface area contributed by atoms with Crippen LogP contribution in [0.1, 0.15) is 51.9 Å². The Kier molecular flexibility index (Phi) is 3.40. The fraction of sp³-hybridized carbons (Fsp3) is 0.941. The van der Waals surface area contributed by atoms with Gasteiger partial charge in [-0.15, -0.1) is 0 Å². The molecule has 4 saturated carbocycles. The summed E-state index contributed by atoms with van der Waals surface area (Å²) in [7, 11) is 0. The van der Waals surface area contributed by atoms with Crippen molar-refractivity contribution in [3.63, 3.8) is 0 Å². The largest absolute Gasteiger partial charge is 0.335 e. The molecule has 2 unspecified atom stereocenters. The van der Waals surface area contributed by atoms with Gasteiger partial charge < -0.3 is 16.0 Å². The van der Waals surface area contributed by atoms with E-state index in [1.165, 1.54) is 38.5 Å². The minimum Gasteiger partial charge on any atom is -0.335 e. The van der Waals surface area contributed by atoms with Gasteiger partial charge in [0.15, 0.2) is 0 Å². The van der Waals surface area contributed by atoms with E-state index in [2.05, 4.69) is 22.9 Å². The Morgan fingerprint density at radius 3 is 2.29 bits per heavy atom. The zero-order valence-electron chi connectivity index (χ0n) is 13.2. The summed E-state index contributed by atoms with van der Waals surface area (Å²) >= 11 is 0. The summed E-state index contributed by atoms with van der Waals surface area (Å²) in [6.07, 6.45) is 9.02. The van der Waals surface area contributed by atoms with Crippen molar-refractivity contribution in [2.75, 3.05) is 13.1 Å². The van der Waals surface area contributed by atoms with Crippen molar-refractivity contribution in [2.45, 2.75) is 63.5 Å². The molecule has 5 aliphatic rings. The Balaban J connectivity index is 1.38. The molecule has 3 N–H and O–H groups in total. The van der Waals surface area contributed by atoms with E-state index in [9.17, 15) is 4.79 Å². The molecule has 2 atom stereocenters. The van der Waals surface area contributed by atoms with Gasteiger partial charge in [0.1, 0.15) is 0 Å². The smallest absolute Gasteiger partial charge is 0.315 e. The van der Waals surface area contributed by atoms with E-state index in [1.54, 1.807) is 0 Å². The first-order chi connectivity index (χ1) is 10.1. The van der Waals surface area contributed by atoms with E-state index in [0.717, 1.165) is 37.3 Å². The van der Waals surface area contributed by atoms with Crippen LogP contribution in [0.4, 0.5) is 4.79 Å². The number of carbonyl (C=O) groups is 1. The van der Waals surface area contributed by atoms with Crippen LogP contribution in [0, 0.1) is 23.7 Å². The van der Waals surface area contributed by atoms with Gasteiger partial charge in [-0.2, -0.15) is 0 Å². The van der Waals surface area contributed by atoms with E-state index in [-0.39, 0.29) is 11.6 Å². The van der Waals surface area contributed by atoms with Gasteiger partial charge in [0, 0.05) is 11.6 Å². The monoisotopic (exact) mass is 291 g/mol. The summed E-state index contributed by atoms with van der Waals surface area (Å²) in [6.45, 7) is 4.26. The molecule has 4 heteroatoms. The SMILES string of the molecule is CC1CNCCC1NC(=O)NC12CC3CC(CC(C3)C1)C2. The summed E-state index contributed by atoms with van der Waals surface area (Å²) in [5.74, 6) is 3.18. The minimum absolute atomic E-state index is 0.0932. The lowest BCUT2D eigenvalue weighted by atomic mass is 9.53. The third-order valence-electron chi connectivity index (χ3n) is 6.52. The fourth-order valence-electron chi connectivity index (χ4n) is 5.94. The molecule has 1 heterocycles. The van der Waals surface area contributed by atoms with Gasteiger partial charge in [0.2, 0.25) is 0 Å². The average molecular weight is 291 g/mol. The maximum atomic E-state index is 12.5. The number of nitrogens with one attached hydrogen (secondary N) is 3. The lowest BCUT2D eigenvalue weighted by Gasteiger charge is -2.56. The zero-order valence-corrected chi connectivity index (χ0v) is 13.2. The Morgan fingerprint density at radius 2 is 1.71 bits per heavy atom. The zero-order chi connectivity index (χ0) is 14.4. The fourth-order valence-corrected chi connectivity index (χ4v) is 5.94. The topological polar surface area (TPSA) is 53.2 Å². The third-order valence-corrected chi connectivity index (χ3v) is 6.52. The molecule has 0 aromatic carbocycles. The average Bonchev–Trinajstić information content (AvgIpc) is 2.39. The van der Waals surface area contributed by atoms with Crippen LogP contribution in [0.3, 0.4) is 0 Å². The van der Waals surface area contributed by atoms with Crippen molar-refractivity contribution in [2.24, 2.45) is 23.7 Å². The van der Waals surface area contributed by atoms with Gasteiger partial charge in [-0.05, 0) is 81.7 Å². The summed E-state index contributed by atoms with van der Waals surface area (Å²) < 4.78 is 0. The molecular weight excluding hydrogens is 262 g/mol. The first kappa shape index (κ1) is 13.9. The number of piperidine rings is 1. The summed E-state index contributed by atoms with van der Waals surface area (Å²) in [4.78, 5) is 12.5. The van der Waals surface area contributed by atoms with E-state index in [0.29, 0.717) is 12.0 Å². The second-order valence-electron chi connectivity index (χ2n) is 8.37. The lowest BCUT2D eigenvalue weighted by molar-refractivity contribution is -0.0138. The molecule has 0 aromatic heterocycles. The molecule has 1 saturated heterocycles. The molecule has 5 fully saturated rings. The third kappa shape index (κ3) is 2.67. The van der Waals surface area contributed by atoms with Crippen LogP contribution in [0.15, 0.2) is 0 Å². The highest BCUT2D eigenvalue weighted by molar-refractivity contribution is 5.75. The van der Waals surface area contributed by atoms with Crippen LogP contribution in [-0.2, 0) is 0 Å². The Bertz CT molecular complexity index is 387. The maximum absolute atomic E-state index is 12.5. The van der Waals surface area contributed by atoms with Crippen LogP contribution in [0.25, 0.3) is 0 Å². The van der Waals surface area contributed by atoms with Crippen LogP contribution in [-0.4, -0.2) is 30.7 Å². The first-order valence-corrected chi connectivity index (χ1v) is 8.91. The van der Waals surface area contributed by atoms with E-state index in [1.807, 2.05) is 0 Å². The van der Waals surface area contributed by atoms with Crippen molar-refractivity contribution >= 4 is 6.03 Å². The second-order valence-corrected chi connectivity index (χ2v) is 8.37. The molecule has 0 radical (unpaired) electrons. The number of urea groups is 1.